The van der Waals surface area contributed by atoms with Crippen LogP contribution in [0.2, 0.25) is 0 Å². The summed E-state index contributed by atoms with van der Waals surface area (Å²) >= 11 is 0. The third kappa shape index (κ3) is 2.55. The van der Waals surface area contributed by atoms with Gasteiger partial charge in [-0.3, -0.25) is 10.1 Å². The van der Waals surface area contributed by atoms with Crippen LogP contribution >= 0.6 is 0 Å². The highest BCUT2D eigenvalue weighted by Crippen LogP contribution is 2.20. The first-order valence-electron chi connectivity index (χ1n) is 5.60. The van der Waals surface area contributed by atoms with Gasteiger partial charge in [0, 0.05) is 18.7 Å². The number of likely N-dealkylation sites (N-methyl/N-ethyl adjacent to an activating group) is 1. The maximum Gasteiger partial charge on any atom is 0.289 e. The summed E-state index contributed by atoms with van der Waals surface area (Å²) in [6.07, 6.45) is 2.14. The van der Waals surface area contributed by atoms with Crippen LogP contribution in [0.4, 0.5) is 11.5 Å². The number of anilines is 1. The molecule has 0 aromatic carbocycles. The van der Waals surface area contributed by atoms with E-state index in [9.17, 15) is 10.1 Å². The quantitative estimate of drug-likeness (QED) is 0.631. The van der Waals surface area contributed by atoms with Crippen LogP contribution < -0.4 is 5.32 Å². The molecule has 1 fully saturated rings. The Balaban J connectivity index is 2.18. The van der Waals surface area contributed by atoms with Crippen LogP contribution in [-0.2, 0) is 0 Å². The molecule has 0 spiro atoms. The molecule has 1 aromatic heterocycles. The van der Waals surface area contributed by atoms with Crippen molar-refractivity contribution < 1.29 is 4.92 Å². The predicted octanol–water partition coefficient (Wildman–Crippen LogP) is 0.977. The summed E-state index contributed by atoms with van der Waals surface area (Å²) in [5.41, 5.74) is 0.0411. The van der Waals surface area contributed by atoms with Gasteiger partial charge in [-0.05, 0) is 20.0 Å². The fourth-order valence-corrected chi connectivity index (χ4v) is 2.00. The molecule has 7 heteroatoms. The van der Waals surface area contributed by atoms with Gasteiger partial charge in [0.25, 0.3) is 5.69 Å². The second-order valence-electron chi connectivity index (χ2n) is 4.35. The van der Waals surface area contributed by atoms with Gasteiger partial charge in [0.15, 0.2) is 0 Å². The number of hydrogen-bond acceptors (Lipinski definition) is 6. The zero-order chi connectivity index (χ0) is 13.1. The highest BCUT2D eigenvalue weighted by molar-refractivity contribution is 5.56. The molecule has 0 radical (unpaired) electrons. The van der Waals surface area contributed by atoms with Gasteiger partial charge < -0.3 is 10.2 Å². The summed E-state index contributed by atoms with van der Waals surface area (Å²) in [6.45, 7) is 1.87. The summed E-state index contributed by atoms with van der Waals surface area (Å²) in [4.78, 5) is 16.2. The minimum Gasteiger partial charge on any atom is -0.365 e. The zero-order valence-corrected chi connectivity index (χ0v) is 9.96. The number of likely N-dealkylation sites (tertiary alicyclic amines) is 1. The van der Waals surface area contributed by atoms with Crippen molar-refractivity contribution in [2.24, 2.45) is 0 Å². The highest BCUT2D eigenvalue weighted by Gasteiger charge is 2.21. The first-order valence-corrected chi connectivity index (χ1v) is 5.60. The summed E-state index contributed by atoms with van der Waals surface area (Å²) in [6, 6.07) is 3.41. The molecule has 2 rings (SSSR count). The normalized spacial score (nSPS) is 19.4. The van der Waals surface area contributed by atoms with E-state index in [1.165, 1.54) is 12.3 Å². The van der Waals surface area contributed by atoms with Crippen LogP contribution in [0.1, 0.15) is 12.0 Å². The van der Waals surface area contributed by atoms with E-state index in [1.807, 2.05) is 13.1 Å². The van der Waals surface area contributed by atoms with Gasteiger partial charge >= 0.3 is 0 Å². The van der Waals surface area contributed by atoms with Crippen molar-refractivity contribution >= 4 is 11.5 Å². The summed E-state index contributed by atoms with van der Waals surface area (Å²) in [5.74, 6) is 0.420. The molecule has 1 saturated heterocycles. The van der Waals surface area contributed by atoms with Gasteiger partial charge in [0.1, 0.15) is 23.6 Å². The molecular weight excluding hydrogens is 234 g/mol. The second kappa shape index (κ2) is 4.98. The van der Waals surface area contributed by atoms with E-state index < -0.39 is 4.92 Å². The Morgan fingerprint density at radius 3 is 3.06 bits per heavy atom. The lowest BCUT2D eigenvalue weighted by molar-refractivity contribution is -0.385. The van der Waals surface area contributed by atoms with Crippen LogP contribution in [0.15, 0.2) is 12.3 Å². The molecular formula is C11H13N5O2. The minimum atomic E-state index is -0.555. The monoisotopic (exact) mass is 247 g/mol. The number of nitrogens with zero attached hydrogens (tertiary/aromatic N) is 4. The molecule has 2 heterocycles. The average molecular weight is 247 g/mol. The molecule has 18 heavy (non-hydrogen) atoms. The maximum absolute atomic E-state index is 10.6. The molecule has 0 amide bonds. The van der Waals surface area contributed by atoms with Gasteiger partial charge in [-0.25, -0.2) is 4.98 Å². The summed E-state index contributed by atoms with van der Waals surface area (Å²) < 4.78 is 0. The number of pyridine rings is 1. The van der Waals surface area contributed by atoms with E-state index in [1.54, 1.807) is 0 Å². The van der Waals surface area contributed by atoms with Gasteiger partial charge in [-0.15, -0.1) is 0 Å². The Bertz CT molecular complexity index is 511. The SMILES string of the molecule is CN1CCC(Nc2ncc([N+](=O)[O-])cc2C#N)C1. The fraction of sp³-hybridized carbons (Fsp3) is 0.455. The lowest BCUT2D eigenvalue weighted by Crippen LogP contribution is -2.24. The van der Waals surface area contributed by atoms with Crippen molar-refractivity contribution in [3.63, 3.8) is 0 Å². The number of rotatable bonds is 3. The standard InChI is InChI=1S/C11H13N5O2/c1-15-3-2-9(7-15)14-11-8(5-12)4-10(6-13-11)16(17)18/h4,6,9H,2-3,7H2,1H3,(H,13,14). The highest BCUT2D eigenvalue weighted by atomic mass is 16.6. The molecule has 1 N–H and O–H groups in total. The van der Waals surface area contributed by atoms with Gasteiger partial charge in [0.2, 0.25) is 0 Å². The number of nitriles is 1. The third-order valence-electron chi connectivity index (χ3n) is 2.94. The summed E-state index contributed by atoms with van der Waals surface area (Å²) in [5, 5.41) is 22.7. The lowest BCUT2D eigenvalue weighted by atomic mass is 10.2. The lowest BCUT2D eigenvalue weighted by Gasteiger charge is -2.14. The second-order valence-corrected chi connectivity index (χ2v) is 4.35. The first-order chi connectivity index (χ1) is 8.60. The van der Waals surface area contributed by atoms with Crippen LogP contribution in [0.25, 0.3) is 0 Å². The van der Waals surface area contributed by atoms with Crippen molar-refractivity contribution in [3.8, 4) is 6.07 Å². The number of aromatic nitrogens is 1. The van der Waals surface area contributed by atoms with Crippen LogP contribution in [-0.4, -0.2) is 41.0 Å². The smallest absolute Gasteiger partial charge is 0.289 e. The average Bonchev–Trinajstić information content (AvgIpc) is 2.75. The van der Waals surface area contributed by atoms with Gasteiger partial charge in [0.05, 0.1) is 4.92 Å². The molecule has 94 valence electrons. The molecule has 7 nitrogen and oxygen atoms in total. The molecule has 1 atom stereocenters. The largest absolute Gasteiger partial charge is 0.365 e. The van der Waals surface area contributed by atoms with E-state index in [0.717, 1.165) is 19.5 Å². The van der Waals surface area contributed by atoms with Crippen molar-refractivity contribution in [2.75, 3.05) is 25.5 Å². The van der Waals surface area contributed by atoms with Crippen molar-refractivity contribution in [1.29, 1.82) is 5.26 Å². The molecule has 1 aliphatic rings. The van der Waals surface area contributed by atoms with Gasteiger partial charge in [-0.1, -0.05) is 0 Å². The van der Waals surface area contributed by atoms with Gasteiger partial charge in [-0.2, -0.15) is 5.26 Å². The van der Waals surface area contributed by atoms with E-state index >= 15 is 0 Å². The minimum absolute atomic E-state index is 0.166. The Labute approximate surface area is 104 Å². The molecule has 0 saturated carbocycles. The molecule has 1 unspecified atom stereocenters. The first kappa shape index (κ1) is 12.3. The Morgan fingerprint density at radius 1 is 1.72 bits per heavy atom. The molecule has 0 aliphatic carbocycles. The zero-order valence-electron chi connectivity index (χ0n) is 9.96. The third-order valence-corrected chi connectivity index (χ3v) is 2.94. The van der Waals surface area contributed by atoms with Crippen LogP contribution in [0.5, 0.6) is 0 Å². The Kier molecular flexibility index (Phi) is 3.39. The number of nitrogens with one attached hydrogen (secondary N) is 1. The van der Waals surface area contributed by atoms with E-state index in [2.05, 4.69) is 15.2 Å². The fourth-order valence-electron chi connectivity index (χ4n) is 2.00. The number of hydrogen-bond donors (Lipinski definition) is 1. The van der Waals surface area contributed by atoms with Crippen LogP contribution in [0.3, 0.4) is 0 Å². The van der Waals surface area contributed by atoms with Crippen molar-refractivity contribution in [3.05, 3.63) is 27.9 Å². The topological polar surface area (TPSA) is 95.1 Å². The predicted molar refractivity (Wildman–Crippen MR) is 65.1 cm³/mol. The van der Waals surface area contributed by atoms with Crippen LogP contribution in [0, 0.1) is 21.4 Å². The van der Waals surface area contributed by atoms with E-state index in [4.69, 9.17) is 5.26 Å². The maximum atomic E-state index is 10.6. The van der Waals surface area contributed by atoms with Crippen molar-refractivity contribution in [2.45, 2.75) is 12.5 Å². The molecule has 1 aromatic rings. The summed E-state index contributed by atoms with van der Waals surface area (Å²) in [7, 11) is 2.02. The van der Waals surface area contributed by atoms with E-state index in [0.29, 0.717) is 5.82 Å². The van der Waals surface area contributed by atoms with E-state index in [-0.39, 0.29) is 17.3 Å². The van der Waals surface area contributed by atoms with Crippen molar-refractivity contribution in [1.82, 2.24) is 9.88 Å². The Morgan fingerprint density at radius 2 is 2.50 bits per heavy atom. The molecule has 0 bridgehead atoms. The number of nitro groups is 1. The Hall–Kier alpha value is -2.20. The molecule has 1 aliphatic heterocycles.